The number of methoxy groups -OCH3 is 1. The Bertz CT molecular complexity index is 1200. The van der Waals surface area contributed by atoms with Gasteiger partial charge in [-0.15, -0.1) is 16.8 Å². The molecule has 8 nitrogen and oxygen atoms in total. The zero-order valence-electron chi connectivity index (χ0n) is 19.3. The Kier molecular flexibility index (Phi) is 9.59. The van der Waals surface area contributed by atoms with Gasteiger partial charge in [-0.1, -0.05) is 59.2 Å². The molecule has 1 atom stereocenters. The van der Waals surface area contributed by atoms with Crippen molar-refractivity contribution in [2.24, 2.45) is 0 Å². The number of benzene rings is 2. The summed E-state index contributed by atoms with van der Waals surface area (Å²) in [5.74, 6) is 0.955. The third-order valence-electron chi connectivity index (χ3n) is 4.90. The average Bonchev–Trinajstić information content (AvgIpc) is 3.24. The summed E-state index contributed by atoms with van der Waals surface area (Å²) < 4.78 is 6.96. The van der Waals surface area contributed by atoms with Crippen LogP contribution in [0, 0.1) is 0 Å². The Morgan fingerprint density at radius 2 is 1.91 bits per heavy atom. The molecule has 2 aromatic carbocycles. The van der Waals surface area contributed by atoms with Gasteiger partial charge in [0.2, 0.25) is 11.8 Å². The molecule has 0 aliphatic carbocycles. The predicted octanol–water partition coefficient (Wildman–Crippen LogP) is 4.93. The molecule has 1 heterocycles. The zero-order chi connectivity index (χ0) is 25.4. The number of hydrogen-bond acceptors (Lipinski definition) is 6. The molecule has 3 aromatic rings. The highest BCUT2D eigenvalue weighted by Crippen LogP contribution is 2.30. The summed E-state index contributed by atoms with van der Waals surface area (Å²) >= 11 is 13.3. The summed E-state index contributed by atoms with van der Waals surface area (Å²) in [6, 6.07) is 11.9. The molecule has 35 heavy (non-hydrogen) atoms. The van der Waals surface area contributed by atoms with Crippen LogP contribution >= 0.6 is 35.0 Å². The monoisotopic (exact) mass is 533 g/mol. The molecule has 0 bridgehead atoms. The van der Waals surface area contributed by atoms with Crippen molar-refractivity contribution < 1.29 is 14.3 Å². The first-order valence-corrected chi connectivity index (χ1v) is 12.4. The van der Waals surface area contributed by atoms with Crippen molar-refractivity contribution in [3.05, 3.63) is 76.6 Å². The summed E-state index contributed by atoms with van der Waals surface area (Å²) in [5.41, 5.74) is 1.30. The first-order valence-electron chi connectivity index (χ1n) is 10.6. The second-order valence-electron chi connectivity index (χ2n) is 7.49. The van der Waals surface area contributed by atoms with Gasteiger partial charge in [-0.05, 0) is 36.8 Å². The van der Waals surface area contributed by atoms with Gasteiger partial charge in [-0.2, -0.15) is 0 Å². The number of ether oxygens (including phenoxy) is 1. The van der Waals surface area contributed by atoms with Gasteiger partial charge in [-0.25, -0.2) is 0 Å². The Morgan fingerprint density at radius 3 is 2.60 bits per heavy atom. The average molecular weight is 534 g/mol. The number of carbonyl (C=O) groups is 2. The highest BCUT2D eigenvalue weighted by atomic mass is 35.5. The summed E-state index contributed by atoms with van der Waals surface area (Å²) in [6.07, 6.45) is 1.92. The lowest BCUT2D eigenvalue weighted by Gasteiger charge is -2.15. The van der Waals surface area contributed by atoms with Crippen molar-refractivity contribution in [3.63, 3.8) is 0 Å². The van der Waals surface area contributed by atoms with Crippen LogP contribution in [-0.4, -0.2) is 39.4 Å². The number of aromatic nitrogens is 3. The fourth-order valence-electron chi connectivity index (χ4n) is 3.23. The third-order valence-corrected chi connectivity index (χ3v) is 6.69. The zero-order valence-corrected chi connectivity index (χ0v) is 21.6. The van der Waals surface area contributed by atoms with Crippen LogP contribution in [0.4, 0.5) is 5.69 Å². The molecule has 0 fully saturated rings. The lowest BCUT2D eigenvalue weighted by atomic mass is 10.1. The molecule has 184 valence electrons. The van der Waals surface area contributed by atoms with Crippen LogP contribution in [0.1, 0.15) is 24.4 Å². The first-order chi connectivity index (χ1) is 16.8. The molecule has 2 N–H and O–H groups in total. The van der Waals surface area contributed by atoms with Gasteiger partial charge < -0.3 is 19.9 Å². The molecule has 0 aliphatic rings. The van der Waals surface area contributed by atoms with Crippen molar-refractivity contribution in [1.82, 2.24) is 20.1 Å². The standard InChI is InChI=1S/C24H25Cl2N5O3S/c1-4-12-31-23(15(2)27-20(32)13-16-8-10-17(34-3)11-9-16)29-30-24(31)35-14-21(33)28-19-7-5-6-18(25)22(19)26/h4-11,15H,1,12-14H2,2-3H3,(H,27,32)(H,28,33). The number of amides is 2. The Morgan fingerprint density at radius 1 is 1.17 bits per heavy atom. The number of nitrogens with zero attached hydrogens (tertiary/aromatic N) is 3. The maximum Gasteiger partial charge on any atom is 0.234 e. The predicted molar refractivity (Wildman–Crippen MR) is 139 cm³/mol. The lowest BCUT2D eigenvalue weighted by molar-refractivity contribution is -0.121. The van der Waals surface area contributed by atoms with Gasteiger partial charge >= 0.3 is 0 Å². The smallest absolute Gasteiger partial charge is 0.234 e. The van der Waals surface area contributed by atoms with E-state index in [2.05, 4.69) is 27.4 Å². The van der Waals surface area contributed by atoms with E-state index < -0.39 is 6.04 Å². The minimum absolute atomic E-state index is 0.0797. The van der Waals surface area contributed by atoms with Gasteiger partial charge in [0.25, 0.3) is 0 Å². The molecular formula is C24H25Cl2N5O3S. The Balaban J connectivity index is 1.62. The van der Waals surface area contributed by atoms with E-state index >= 15 is 0 Å². The first kappa shape index (κ1) is 26.6. The molecule has 1 aromatic heterocycles. The number of carbonyl (C=O) groups excluding carboxylic acids is 2. The molecule has 0 spiro atoms. The van der Waals surface area contributed by atoms with E-state index in [9.17, 15) is 9.59 Å². The van der Waals surface area contributed by atoms with E-state index in [1.807, 2.05) is 35.8 Å². The van der Waals surface area contributed by atoms with Gasteiger partial charge in [0.05, 0.1) is 41.1 Å². The van der Waals surface area contributed by atoms with Crippen LogP contribution in [0.15, 0.2) is 60.3 Å². The Hall–Kier alpha value is -3.01. The van der Waals surface area contributed by atoms with Crippen LogP contribution in [0.25, 0.3) is 0 Å². The number of nitrogens with one attached hydrogen (secondary N) is 2. The minimum Gasteiger partial charge on any atom is -0.497 e. The molecule has 0 aliphatic heterocycles. The maximum atomic E-state index is 12.6. The number of halogens is 2. The number of anilines is 1. The van der Waals surface area contributed by atoms with Crippen LogP contribution in [0.3, 0.4) is 0 Å². The highest BCUT2D eigenvalue weighted by Gasteiger charge is 2.20. The number of thioether (sulfide) groups is 1. The highest BCUT2D eigenvalue weighted by molar-refractivity contribution is 7.99. The molecule has 3 rings (SSSR count). The van der Waals surface area contributed by atoms with Gasteiger partial charge in [0, 0.05) is 6.54 Å². The van der Waals surface area contributed by atoms with E-state index in [-0.39, 0.29) is 29.0 Å². The van der Waals surface area contributed by atoms with Crippen molar-refractivity contribution in [1.29, 1.82) is 0 Å². The summed E-state index contributed by atoms with van der Waals surface area (Å²) in [5, 5.41) is 15.3. The molecule has 1 unspecified atom stereocenters. The topological polar surface area (TPSA) is 98.1 Å². The van der Waals surface area contributed by atoms with Crippen LogP contribution < -0.4 is 15.4 Å². The van der Waals surface area contributed by atoms with E-state index in [1.165, 1.54) is 11.8 Å². The van der Waals surface area contributed by atoms with Crippen molar-refractivity contribution in [3.8, 4) is 5.75 Å². The molecule has 0 saturated carbocycles. The lowest BCUT2D eigenvalue weighted by Crippen LogP contribution is -2.30. The van der Waals surface area contributed by atoms with E-state index in [4.69, 9.17) is 27.9 Å². The number of rotatable bonds is 11. The molecule has 2 amide bonds. The molecular weight excluding hydrogens is 509 g/mol. The largest absolute Gasteiger partial charge is 0.497 e. The quantitative estimate of drug-likeness (QED) is 0.268. The van der Waals surface area contributed by atoms with E-state index in [1.54, 1.807) is 31.4 Å². The molecule has 11 heteroatoms. The van der Waals surface area contributed by atoms with Gasteiger partial charge in [0.15, 0.2) is 11.0 Å². The van der Waals surface area contributed by atoms with Crippen molar-refractivity contribution in [2.45, 2.75) is 31.1 Å². The summed E-state index contributed by atoms with van der Waals surface area (Å²) in [7, 11) is 1.59. The normalized spacial score (nSPS) is 11.5. The fraction of sp³-hybridized carbons (Fsp3) is 0.250. The van der Waals surface area contributed by atoms with Crippen molar-refractivity contribution >= 4 is 52.5 Å². The third kappa shape index (κ3) is 7.24. The molecule has 0 saturated heterocycles. The number of allylic oxidation sites excluding steroid dienone is 1. The van der Waals surface area contributed by atoms with Crippen LogP contribution in [-0.2, 0) is 22.6 Å². The van der Waals surface area contributed by atoms with Gasteiger partial charge in [-0.3, -0.25) is 9.59 Å². The van der Waals surface area contributed by atoms with Gasteiger partial charge in [0.1, 0.15) is 5.75 Å². The second kappa shape index (κ2) is 12.6. The summed E-state index contributed by atoms with van der Waals surface area (Å²) in [6.45, 7) is 6.04. The fourth-order valence-corrected chi connectivity index (χ4v) is 4.33. The summed E-state index contributed by atoms with van der Waals surface area (Å²) in [4.78, 5) is 25.0. The van der Waals surface area contributed by atoms with E-state index in [0.717, 1.165) is 11.3 Å². The molecule has 0 radical (unpaired) electrons. The second-order valence-corrected chi connectivity index (χ2v) is 9.22. The van der Waals surface area contributed by atoms with Crippen molar-refractivity contribution in [2.75, 3.05) is 18.2 Å². The van der Waals surface area contributed by atoms with Crippen LogP contribution in [0.2, 0.25) is 10.0 Å². The Labute approximate surface area is 218 Å². The SMILES string of the molecule is C=CCn1c(SCC(=O)Nc2cccc(Cl)c2Cl)nnc1C(C)NC(=O)Cc1ccc(OC)cc1. The maximum absolute atomic E-state index is 12.6. The number of hydrogen-bond donors (Lipinski definition) is 2. The van der Waals surface area contributed by atoms with E-state index in [0.29, 0.717) is 28.2 Å². The minimum atomic E-state index is -0.401. The van der Waals surface area contributed by atoms with Crippen LogP contribution in [0.5, 0.6) is 5.75 Å².